The molecule has 1 aliphatic carbocycles. The summed E-state index contributed by atoms with van der Waals surface area (Å²) in [5, 5.41) is 3.23. The van der Waals surface area contributed by atoms with Gasteiger partial charge >= 0.3 is 6.18 Å². The highest BCUT2D eigenvalue weighted by molar-refractivity contribution is 5.83. The van der Waals surface area contributed by atoms with Gasteiger partial charge in [-0.3, -0.25) is 4.79 Å². The number of hydrogen-bond donors (Lipinski definition) is 1. The van der Waals surface area contributed by atoms with Gasteiger partial charge in [0.1, 0.15) is 0 Å². The Morgan fingerprint density at radius 2 is 2.14 bits per heavy atom. The summed E-state index contributed by atoms with van der Waals surface area (Å²) in [5.41, 5.74) is -0.0189. The van der Waals surface area contributed by atoms with Gasteiger partial charge in [-0.05, 0) is 30.9 Å². The van der Waals surface area contributed by atoms with Gasteiger partial charge in [-0.2, -0.15) is 13.2 Å². The van der Waals surface area contributed by atoms with E-state index in [0.29, 0.717) is 18.5 Å². The molecule has 1 aliphatic heterocycles. The summed E-state index contributed by atoms with van der Waals surface area (Å²) in [6.45, 7) is 4.21. The van der Waals surface area contributed by atoms with Crippen molar-refractivity contribution in [3.05, 3.63) is 35.4 Å². The van der Waals surface area contributed by atoms with Crippen LogP contribution in [0.4, 0.5) is 13.2 Å². The van der Waals surface area contributed by atoms with Crippen molar-refractivity contribution in [3.8, 4) is 0 Å². The number of benzene rings is 1. The van der Waals surface area contributed by atoms with Crippen LogP contribution in [0.3, 0.4) is 0 Å². The molecule has 1 aromatic carbocycles. The van der Waals surface area contributed by atoms with E-state index in [9.17, 15) is 18.0 Å². The van der Waals surface area contributed by atoms with E-state index in [-0.39, 0.29) is 23.8 Å². The zero-order chi connectivity index (χ0) is 15.9. The van der Waals surface area contributed by atoms with Crippen molar-refractivity contribution in [2.75, 3.05) is 19.6 Å². The number of nitrogens with one attached hydrogen (secondary N) is 1. The Labute approximate surface area is 127 Å². The zero-order valence-corrected chi connectivity index (χ0v) is 12.4. The van der Waals surface area contributed by atoms with Crippen LogP contribution in [0.2, 0.25) is 0 Å². The normalized spacial score (nSPS) is 28.5. The number of halogens is 3. The first-order valence-electron chi connectivity index (χ1n) is 7.56. The van der Waals surface area contributed by atoms with E-state index in [4.69, 9.17) is 0 Å². The molecule has 1 saturated carbocycles. The van der Waals surface area contributed by atoms with Crippen molar-refractivity contribution in [3.63, 3.8) is 0 Å². The molecule has 2 fully saturated rings. The topological polar surface area (TPSA) is 32.3 Å². The van der Waals surface area contributed by atoms with Gasteiger partial charge in [0.2, 0.25) is 5.91 Å². The molecule has 120 valence electrons. The molecule has 0 radical (unpaired) electrons. The molecule has 2 unspecified atom stereocenters. The fourth-order valence-electron chi connectivity index (χ4n) is 3.16. The molecule has 6 heteroatoms. The smallest absolute Gasteiger partial charge is 0.337 e. The van der Waals surface area contributed by atoms with Gasteiger partial charge in [0.25, 0.3) is 0 Å². The Morgan fingerprint density at radius 3 is 2.82 bits per heavy atom. The second-order valence-corrected chi connectivity index (χ2v) is 6.16. The largest absolute Gasteiger partial charge is 0.416 e. The summed E-state index contributed by atoms with van der Waals surface area (Å²) in [6.07, 6.45) is -3.69. The average molecular weight is 312 g/mol. The highest BCUT2D eigenvalue weighted by Crippen LogP contribution is 2.49. The number of carbonyl (C=O) groups is 1. The Balaban J connectivity index is 1.70. The quantitative estimate of drug-likeness (QED) is 0.910. The Morgan fingerprint density at radius 1 is 1.36 bits per heavy atom. The average Bonchev–Trinajstić information content (AvgIpc) is 3.27. The molecule has 1 amide bonds. The number of rotatable bonds is 2. The number of alkyl halides is 3. The third-order valence-corrected chi connectivity index (χ3v) is 4.53. The minimum Gasteiger partial charge on any atom is -0.337 e. The van der Waals surface area contributed by atoms with Gasteiger partial charge in [0.05, 0.1) is 5.56 Å². The maximum atomic E-state index is 12.8. The SMILES string of the molecule is C[C@@H]1CNCCN1C(=O)C1CC1c1cccc(C(F)(F)F)c1. The second-order valence-electron chi connectivity index (χ2n) is 6.16. The Kier molecular flexibility index (Phi) is 3.89. The molecular weight excluding hydrogens is 293 g/mol. The first-order valence-corrected chi connectivity index (χ1v) is 7.56. The molecule has 1 saturated heterocycles. The predicted molar refractivity (Wildman–Crippen MR) is 76.3 cm³/mol. The van der Waals surface area contributed by atoms with Crippen molar-refractivity contribution in [1.82, 2.24) is 10.2 Å². The van der Waals surface area contributed by atoms with E-state index in [1.54, 1.807) is 6.07 Å². The molecular formula is C16H19F3N2O. The van der Waals surface area contributed by atoms with Crippen LogP contribution in [0.15, 0.2) is 24.3 Å². The van der Waals surface area contributed by atoms with Crippen LogP contribution >= 0.6 is 0 Å². The minimum absolute atomic E-state index is 0.0723. The Hall–Kier alpha value is -1.56. The van der Waals surface area contributed by atoms with E-state index in [1.807, 2.05) is 11.8 Å². The minimum atomic E-state index is -4.34. The van der Waals surface area contributed by atoms with Crippen molar-refractivity contribution in [2.45, 2.75) is 31.5 Å². The van der Waals surface area contributed by atoms with E-state index in [0.717, 1.165) is 19.2 Å². The van der Waals surface area contributed by atoms with Crippen LogP contribution < -0.4 is 5.32 Å². The Bertz CT molecular complexity index is 573. The van der Waals surface area contributed by atoms with Crippen LogP contribution in [0.5, 0.6) is 0 Å². The molecule has 1 N–H and O–H groups in total. The first-order chi connectivity index (χ1) is 10.4. The third kappa shape index (κ3) is 2.97. The molecule has 0 aromatic heterocycles. The molecule has 1 heterocycles. The van der Waals surface area contributed by atoms with Gasteiger partial charge in [-0.25, -0.2) is 0 Å². The lowest BCUT2D eigenvalue weighted by atomic mass is 10.0. The van der Waals surface area contributed by atoms with Gasteiger partial charge in [-0.1, -0.05) is 18.2 Å². The lowest BCUT2D eigenvalue weighted by Crippen LogP contribution is -2.52. The fraction of sp³-hybridized carbons (Fsp3) is 0.562. The molecule has 2 aliphatic rings. The lowest BCUT2D eigenvalue weighted by Gasteiger charge is -2.34. The van der Waals surface area contributed by atoms with Gasteiger partial charge in [0.15, 0.2) is 0 Å². The lowest BCUT2D eigenvalue weighted by molar-refractivity contribution is -0.137. The molecule has 0 bridgehead atoms. The van der Waals surface area contributed by atoms with Crippen LogP contribution in [-0.2, 0) is 11.0 Å². The summed E-state index contributed by atoms with van der Waals surface area (Å²) in [7, 11) is 0. The maximum absolute atomic E-state index is 12.8. The van der Waals surface area contributed by atoms with E-state index < -0.39 is 11.7 Å². The number of hydrogen-bond acceptors (Lipinski definition) is 2. The van der Waals surface area contributed by atoms with Gasteiger partial charge in [0, 0.05) is 31.6 Å². The number of piperazine rings is 1. The van der Waals surface area contributed by atoms with Crippen molar-refractivity contribution < 1.29 is 18.0 Å². The molecule has 22 heavy (non-hydrogen) atoms. The summed E-state index contributed by atoms with van der Waals surface area (Å²) >= 11 is 0. The van der Waals surface area contributed by atoms with Crippen molar-refractivity contribution in [1.29, 1.82) is 0 Å². The van der Waals surface area contributed by atoms with Crippen LogP contribution in [0.1, 0.15) is 30.4 Å². The molecule has 1 aromatic rings. The molecule has 3 nitrogen and oxygen atoms in total. The highest BCUT2D eigenvalue weighted by atomic mass is 19.4. The first kappa shape index (κ1) is 15.3. The number of amides is 1. The van der Waals surface area contributed by atoms with Crippen LogP contribution in [0, 0.1) is 5.92 Å². The summed E-state index contributed by atoms with van der Waals surface area (Å²) in [6, 6.07) is 5.50. The van der Waals surface area contributed by atoms with Gasteiger partial charge < -0.3 is 10.2 Å². The maximum Gasteiger partial charge on any atom is 0.416 e. The van der Waals surface area contributed by atoms with Crippen LogP contribution in [-0.4, -0.2) is 36.5 Å². The predicted octanol–water partition coefficient (Wildman–Crippen LogP) is 2.63. The van der Waals surface area contributed by atoms with Crippen LogP contribution in [0.25, 0.3) is 0 Å². The molecule has 0 spiro atoms. The molecule has 3 rings (SSSR count). The van der Waals surface area contributed by atoms with Crippen molar-refractivity contribution in [2.24, 2.45) is 5.92 Å². The number of nitrogens with zero attached hydrogens (tertiary/aromatic N) is 1. The van der Waals surface area contributed by atoms with E-state index >= 15 is 0 Å². The zero-order valence-electron chi connectivity index (χ0n) is 12.4. The standard InChI is InChI=1S/C16H19F3N2O/c1-10-9-20-5-6-21(10)15(22)14-8-13(14)11-3-2-4-12(7-11)16(17,18)19/h2-4,7,10,13-14,20H,5-6,8-9H2,1H3/t10-,13?,14?/m1/s1. The summed E-state index contributed by atoms with van der Waals surface area (Å²) in [5.74, 6) is -0.155. The summed E-state index contributed by atoms with van der Waals surface area (Å²) < 4.78 is 38.3. The van der Waals surface area contributed by atoms with E-state index in [2.05, 4.69) is 5.32 Å². The van der Waals surface area contributed by atoms with E-state index in [1.165, 1.54) is 12.1 Å². The fourth-order valence-corrected chi connectivity index (χ4v) is 3.16. The second kappa shape index (κ2) is 5.57. The number of carbonyl (C=O) groups excluding carboxylic acids is 1. The van der Waals surface area contributed by atoms with Crippen molar-refractivity contribution >= 4 is 5.91 Å². The summed E-state index contributed by atoms with van der Waals surface area (Å²) in [4.78, 5) is 14.4. The monoisotopic (exact) mass is 312 g/mol. The third-order valence-electron chi connectivity index (χ3n) is 4.53. The molecule has 3 atom stereocenters. The van der Waals surface area contributed by atoms with Gasteiger partial charge in [-0.15, -0.1) is 0 Å². The highest BCUT2D eigenvalue weighted by Gasteiger charge is 2.47.